The molecule has 0 aromatic carbocycles. The monoisotopic (exact) mass is 273 g/mol. The smallest absolute Gasteiger partial charge is 0.320 e. The fourth-order valence-electron chi connectivity index (χ4n) is 1.78. The molecule has 0 aliphatic rings. The Kier molecular flexibility index (Phi) is 8.99. The predicted molar refractivity (Wildman–Crippen MR) is 69.9 cm³/mol. The largest absolute Gasteiger partial charge is 0.480 e. The summed E-state index contributed by atoms with van der Waals surface area (Å²) in [6.07, 6.45) is 3.08. The summed E-state index contributed by atoms with van der Waals surface area (Å²) < 4.78 is 0. The molecule has 1 unspecified atom stereocenters. The van der Waals surface area contributed by atoms with Crippen LogP contribution in [0, 0.1) is 0 Å². The molecule has 3 N–H and O–H groups in total. The second-order valence-electron chi connectivity index (χ2n) is 4.54. The molecule has 0 fully saturated rings. The number of carbonyl (C=O) groups excluding carboxylic acids is 2. The topological polar surface area (TPSA) is 104 Å². The van der Waals surface area contributed by atoms with Crippen molar-refractivity contribution in [3.05, 3.63) is 0 Å². The Morgan fingerprint density at radius 3 is 2.16 bits per heavy atom. The van der Waals surface area contributed by atoms with Crippen LogP contribution in [0.3, 0.4) is 0 Å². The van der Waals surface area contributed by atoms with Crippen LogP contribution in [-0.2, 0) is 14.4 Å². The van der Waals surface area contributed by atoms with E-state index in [1.54, 1.807) is 0 Å². The molecule has 0 bridgehead atoms. The van der Waals surface area contributed by atoms with Gasteiger partial charge in [0.1, 0.15) is 6.04 Å². The van der Waals surface area contributed by atoms with Crippen LogP contribution < -0.4 is 5.32 Å². The predicted octanol–water partition coefficient (Wildman–Crippen LogP) is 0.519. The van der Waals surface area contributed by atoms with Gasteiger partial charge < -0.3 is 10.2 Å². The highest BCUT2D eigenvalue weighted by Gasteiger charge is 2.27. The third kappa shape index (κ3) is 7.03. The first-order chi connectivity index (χ1) is 8.93. The lowest BCUT2D eigenvalue weighted by Gasteiger charge is -2.21. The number of hydrogen-bond acceptors (Lipinski definition) is 5. The van der Waals surface area contributed by atoms with Gasteiger partial charge in [-0.2, -0.15) is 0 Å². The van der Waals surface area contributed by atoms with Crippen LogP contribution in [0.5, 0.6) is 0 Å². The first kappa shape index (κ1) is 17.7. The summed E-state index contributed by atoms with van der Waals surface area (Å²) in [5.41, 5.74) is 0. The zero-order chi connectivity index (χ0) is 14.8. The minimum Gasteiger partial charge on any atom is -0.480 e. The Balaban J connectivity index is 4.66. The fraction of sp³-hybridized carbons (Fsp3) is 0.769. The number of Topliss-reactive ketones (excluding diaryl/α,β-unsaturated/α-hetero) is 2. The molecule has 19 heavy (non-hydrogen) atoms. The molecule has 0 heterocycles. The van der Waals surface area contributed by atoms with Crippen molar-refractivity contribution in [3.8, 4) is 0 Å². The van der Waals surface area contributed by atoms with Crippen LogP contribution in [0.15, 0.2) is 0 Å². The van der Waals surface area contributed by atoms with Crippen LogP contribution in [0.2, 0.25) is 0 Å². The molecule has 0 saturated carbocycles. The number of nitrogens with one attached hydrogen (secondary N) is 1. The standard InChI is InChI=1S/C13H23NO5/c1-3-4-5-6-10(12(17)9(2)16)14-11(7-8-15)13(18)19/h10-11,14-15H,3-8H2,1-2H3,(H,18,19)/t10?,11-/m0/s1. The first-order valence-corrected chi connectivity index (χ1v) is 6.58. The molecule has 0 amide bonds. The maximum absolute atomic E-state index is 11.7. The number of carbonyl (C=O) groups is 3. The van der Waals surface area contributed by atoms with E-state index < -0.39 is 29.6 Å². The van der Waals surface area contributed by atoms with Crippen molar-refractivity contribution >= 4 is 17.5 Å². The van der Waals surface area contributed by atoms with Gasteiger partial charge in [0.25, 0.3) is 0 Å². The Morgan fingerprint density at radius 2 is 1.74 bits per heavy atom. The summed E-state index contributed by atoms with van der Waals surface area (Å²) in [4.78, 5) is 33.9. The van der Waals surface area contributed by atoms with Crippen molar-refractivity contribution < 1.29 is 24.6 Å². The minimum absolute atomic E-state index is 0.00476. The average Bonchev–Trinajstić information content (AvgIpc) is 2.35. The highest BCUT2D eigenvalue weighted by atomic mass is 16.4. The van der Waals surface area contributed by atoms with Crippen LogP contribution in [0.4, 0.5) is 0 Å². The average molecular weight is 273 g/mol. The summed E-state index contributed by atoms with van der Waals surface area (Å²) in [5.74, 6) is -2.31. The Morgan fingerprint density at radius 1 is 1.11 bits per heavy atom. The van der Waals surface area contributed by atoms with Gasteiger partial charge in [0.15, 0.2) is 5.78 Å². The van der Waals surface area contributed by atoms with Gasteiger partial charge in [-0.1, -0.05) is 26.2 Å². The van der Waals surface area contributed by atoms with E-state index in [9.17, 15) is 14.4 Å². The number of carboxylic acids is 1. The zero-order valence-corrected chi connectivity index (χ0v) is 11.5. The van der Waals surface area contributed by atoms with E-state index in [-0.39, 0.29) is 13.0 Å². The molecule has 0 aliphatic carbocycles. The number of unbranched alkanes of at least 4 members (excludes halogenated alkanes) is 2. The molecule has 0 aromatic rings. The van der Waals surface area contributed by atoms with Crippen LogP contribution >= 0.6 is 0 Å². The normalized spacial score (nSPS) is 13.8. The SMILES string of the molecule is CCCCCC(N[C@@H](CCO)C(=O)O)C(=O)C(C)=O. The molecule has 2 atom stereocenters. The molecular formula is C13H23NO5. The van der Waals surface area contributed by atoms with Crippen molar-refractivity contribution in [1.82, 2.24) is 5.32 Å². The molecule has 0 radical (unpaired) electrons. The number of rotatable bonds is 11. The highest BCUT2D eigenvalue weighted by Crippen LogP contribution is 2.07. The third-order valence-corrected chi connectivity index (χ3v) is 2.88. The van der Waals surface area contributed by atoms with Gasteiger partial charge in [0.2, 0.25) is 5.78 Å². The van der Waals surface area contributed by atoms with Crippen LogP contribution in [0.25, 0.3) is 0 Å². The van der Waals surface area contributed by atoms with Gasteiger partial charge in [-0.25, -0.2) is 0 Å². The second kappa shape index (κ2) is 9.63. The summed E-state index contributed by atoms with van der Waals surface area (Å²) >= 11 is 0. The highest BCUT2D eigenvalue weighted by molar-refractivity contribution is 6.38. The van der Waals surface area contributed by atoms with Gasteiger partial charge in [-0.05, 0) is 12.8 Å². The van der Waals surface area contributed by atoms with Gasteiger partial charge in [0.05, 0.1) is 6.04 Å². The first-order valence-electron chi connectivity index (χ1n) is 6.58. The van der Waals surface area contributed by atoms with E-state index in [1.807, 2.05) is 6.92 Å². The minimum atomic E-state index is -1.13. The molecule has 0 rings (SSSR count). The van der Waals surface area contributed by atoms with E-state index in [1.165, 1.54) is 6.92 Å². The number of carboxylic acid groups (broad SMARTS) is 1. The van der Waals surface area contributed by atoms with Crippen molar-refractivity contribution in [2.24, 2.45) is 0 Å². The lowest BCUT2D eigenvalue weighted by molar-refractivity contribution is -0.141. The van der Waals surface area contributed by atoms with E-state index in [0.29, 0.717) is 6.42 Å². The summed E-state index contributed by atoms with van der Waals surface area (Å²) in [5, 5.41) is 20.4. The molecule has 0 spiro atoms. The number of aliphatic carboxylic acids is 1. The number of ketones is 2. The lowest BCUT2D eigenvalue weighted by Crippen LogP contribution is -2.49. The van der Waals surface area contributed by atoms with Crippen LogP contribution in [0.1, 0.15) is 46.0 Å². The maximum Gasteiger partial charge on any atom is 0.320 e. The quantitative estimate of drug-likeness (QED) is 0.374. The third-order valence-electron chi connectivity index (χ3n) is 2.88. The van der Waals surface area contributed by atoms with E-state index in [0.717, 1.165) is 19.3 Å². The summed E-state index contributed by atoms with van der Waals surface area (Å²) in [6.45, 7) is 2.90. The van der Waals surface area contributed by atoms with Crippen molar-refractivity contribution in [2.45, 2.75) is 58.0 Å². The summed E-state index contributed by atoms with van der Waals surface area (Å²) in [6, 6.07) is -1.79. The van der Waals surface area contributed by atoms with Crippen molar-refractivity contribution in [1.29, 1.82) is 0 Å². The number of aliphatic hydroxyl groups excluding tert-OH is 1. The van der Waals surface area contributed by atoms with Crippen LogP contribution in [-0.4, -0.2) is 46.4 Å². The van der Waals surface area contributed by atoms with Crippen molar-refractivity contribution in [3.63, 3.8) is 0 Å². The molecule has 6 heteroatoms. The Labute approximate surface area is 113 Å². The number of aliphatic hydroxyl groups is 1. The molecule has 110 valence electrons. The lowest BCUT2D eigenvalue weighted by atomic mass is 10.0. The molecule has 0 saturated heterocycles. The molecule has 6 nitrogen and oxygen atoms in total. The maximum atomic E-state index is 11.7. The van der Waals surface area contributed by atoms with Crippen molar-refractivity contribution in [2.75, 3.05) is 6.61 Å². The van der Waals surface area contributed by atoms with Gasteiger partial charge in [0, 0.05) is 13.5 Å². The Bertz CT molecular complexity index is 316. The summed E-state index contributed by atoms with van der Waals surface area (Å²) in [7, 11) is 0. The van der Waals surface area contributed by atoms with E-state index >= 15 is 0 Å². The second-order valence-corrected chi connectivity index (χ2v) is 4.54. The van der Waals surface area contributed by atoms with Gasteiger partial charge in [-0.15, -0.1) is 0 Å². The number of hydrogen-bond donors (Lipinski definition) is 3. The zero-order valence-electron chi connectivity index (χ0n) is 11.5. The molecular weight excluding hydrogens is 250 g/mol. The van der Waals surface area contributed by atoms with E-state index in [4.69, 9.17) is 10.2 Å². The van der Waals surface area contributed by atoms with E-state index in [2.05, 4.69) is 5.32 Å². The van der Waals surface area contributed by atoms with Gasteiger partial charge >= 0.3 is 5.97 Å². The molecule has 0 aliphatic heterocycles. The fourth-order valence-corrected chi connectivity index (χ4v) is 1.78. The van der Waals surface area contributed by atoms with Gasteiger partial charge in [-0.3, -0.25) is 19.7 Å². The molecule has 0 aromatic heterocycles. The Hall–Kier alpha value is -1.27.